The van der Waals surface area contributed by atoms with Crippen molar-refractivity contribution < 1.29 is 9.47 Å². The van der Waals surface area contributed by atoms with Gasteiger partial charge >= 0.3 is 0 Å². The summed E-state index contributed by atoms with van der Waals surface area (Å²) in [4.78, 5) is 8.19. The molecule has 18 heavy (non-hydrogen) atoms. The van der Waals surface area contributed by atoms with Crippen molar-refractivity contribution in [2.24, 2.45) is 0 Å². The van der Waals surface area contributed by atoms with Crippen molar-refractivity contribution in [3.05, 3.63) is 17.0 Å². The first kappa shape index (κ1) is 12.3. The van der Waals surface area contributed by atoms with Crippen LogP contribution in [0.3, 0.4) is 0 Å². The number of halogens is 1. The third-order valence-electron chi connectivity index (χ3n) is 3.57. The number of nitrogens with zero attached hydrogens (tertiary/aromatic N) is 2. The molecule has 0 aromatic carbocycles. The second-order valence-corrected chi connectivity index (χ2v) is 5.60. The van der Waals surface area contributed by atoms with Gasteiger partial charge in [-0.15, -0.1) is 0 Å². The average Bonchev–Trinajstić information content (AvgIpc) is 2.84. The Morgan fingerprint density at radius 3 is 2.67 bits per heavy atom. The molecule has 1 spiro atoms. The maximum atomic E-state index is 5.72. The van der Waals surface area contributed by atoms with E-state index < -0.39 is 0 Å². The first-order valence-electron chi connectivity index (χ1n) is 6.27. The smallest absolute Gasteiger partial charge is 0.168 e. The minimum atomic E-state index is -0.291. The Hall–Kier alpha value is -0.720. The van der Waals surface area contributed by atoms with Crippen LogP contribution in [0.25, 0.3) is 0 Å². The van der Waals surface area contributed by atoms with Crippen LogP contribution in [0.4, 0.5) is 5.82 Å². The van der Waals surface area contributed by atoms with Crippen LogP contribution in [-0.2, 0) is 9.47 Å². The molecule has 0 bridgehead atoms. The Labute approximate surface area is 114 Å². The van der Waals surface area contributed by atoms with E-state index in [9.17, 15) is 0 Å². The monoisotopic (exact) mass is 313 g/mol. The van der Waals surface area contributed by atoms with Gasteiger partial charge in [0.2, 0.25) is 0 Å². The van der Waals surface area contributed by atoms with Crippen molar-refractivity contribution >= 4 is 21.7 Å². The Balaban J connectivity index is 1.59. The molecule has 0 amide bonds. The maximum Gasteiger partial charge on any atom is 0.168 e. The highest BCUT2D eigenvalue weighted by Gasteiger charge is 2.40. The molecule has 1 aromatic heterocycles. The lowest BCUT2D eigenvalue weighted by atomic mass is 9.90. The van der Waals surface area contributed by atoms with Gasteiger partial charge < -0.3 is 14.8 Å². The fourth-order valence-electron chi connectivity index (χ4n) is 2.60. The quantitative estimate of drug-likeness (QED) is 0.908. The molecule has 1 saturated carbocycles. The predicted octanol–water partition coefficient (Wildman–Crippen LogP) is 2.34. The largest absolute Gasteiger partial charge is 0.366 e. The van der Waals surface area contributed by atoms with Crippen molar-refractivity contribution in [2.45, 2.75) is 37.5 Å². The molecule has 1 N–H and O–H groups in total. The second kappa shape index (κ2) is 5.11. The van der Waals surface area contributed by atoms with E-state index in [4.69, 9.17) is 9.47 Å². The molecule has 0 unspecified atom stereocenters. The molecule has 1 aliphatic heterocycles. The Morgan fingerprint density at radius 1 is 1.28 bits per heavy atom. The number of hydrogen-bond donors (Lipinski definition) is 1. The SMILES string of the molecule is Brc1cncnc1NC1CCC2(CC1)OCCO2. The van der Waals surface area contributed by atoms with Gasteiger partial charge in [0.05, 0.1) is 17.7 Å². The summed E-state index contributed by atoms with van der Waals surface area (Å²) in [7, 11) is 0. The number of aromatic nitrogens is 2. The van der Waals surface area contributed by atoms with E-state index in [1.807, 2.05) is 0 Å². The molecule has 2 heterocycles. The molecule has 1 saturated heterocycles. The van der Waals surface area contributed by atoms with E-state index in [-0.39, 0.29) is 5.79 Å². The summed E-state index contributed by atoms with van der Waals surface area (Å²) in [5.74, 6) is 0.570. The predicted molar refractivity (Wildman–Crippen MR) is 70.2 cm³/mol. The molecule has 1 aliphatic carbocycles. The van der Waals surface area contributed by atoms with Crippen molar-refractivity contribution in [2.75, 3.05) is 18.5 Å². The lowest BCUT2D eigenvalue weighted by Gasteiger charge is -2.35. The van der Waals surface area contributed by atoms with Gasteiger partial charge in [-0.05, 0) is 28.8 Å². The highest BCUT2D eigenvalue weighted by Crippen LogP contribution is 2.36. The lowest BCUT2D eigenvalue weighted by molar-refractivity contribution is -0.177. The van der Waals surface area contributed by atoms with E-state index >= 15 is 0 Å². The first-order valence-corrected chi connectivity index (χ1v) is 7.07. The Morgan fingerprint density at radius 2 is 2.00 bits per heavy atom. The molecule has 1 aromatic rings. The summed E-state index contributed by atoms with van der Waals surface area (Å²) in [6.45, 7) is 1.46. The van der Waals surface area contributed by atoms with Gasteiger partial charge in [-0.25, -0.2) is 9.97 Å². The van der Waals surface area contributed by atoms with Crippen LogP contribution in [0.5, 0.6) is 0 Å². The van der Waals surface area contributed by atoms with E-state index in [0.29, 0.717) is 6.04 Å². The van der Waals surface area contributed by atoms with Gasteiger partial charge in [0.25, 0.3) is 0 Å². The topological polar surface area (TPSA) is 56.3 Å². The summed E-state index contributed by atoms with van der Waals surface area (Å²) < 4.78 is 12.3. The van der Waals surface area contributed by atoms with Gasteiger partial charge in [0.1, 0.15) is 12.1 Å². The normalized spacial score (nSPS) is 23.4. The average molecular weight is 314 g/mol. The fraction of sp³-hybridized carbons (Fsp3) is 0.667. The molecular weight excluding hydrogens is 298 g/mol. The van der Waals surface area contributed by atoms with Gasteiger partial charge in [0, 0.05) is 25.1 Å². The molecular formula is C12H16BrN3O2. The molecule has 2 fully saturated rings. The molecule has 98 valence electrons. The molecule has 2 aliphatic rings. The summed E-state index contributed by atoms with van der Waals surface area (Å²) >= 11 is 3.45. The minimum absolute atomic E-state index is 0.291. The lowest BCUT2D eigenvalue weighted by Crippen LogP contribution is -2.39. The molecule has 6 heteroatoms. The standard InChI is InChI=1S/C12H16BrN3O2/c13-10-7-14-8-15-11(10)16-9-1-3-12(4-2-9)17-5-6-18-12/h7-9H,1-6H2,(H,14,15,16). The van der Waals surface area contributed by atoms with Crippen molar-refractivity contribution in [3.63, 3.8) is 0 Å². The van der Waals surface area contributed by atoms with Crippen LogP contribution in [0.1, 0.15) is 25.7 Å². The molecule has 5 nitrogen and oxygen atoms in total. The van der Waals surface area contributed by atoms with Crippen LogP contribution >= 0.6 is 15.9 Å². The maximum absolute atomic E-state index is 5.72. The fourth-order valence-corrected chi connectivity index (χ4v) is 2.93. The Kier molecular flexibility index (Phi) is 3.50. The van der Waals surface area contributed by atoms with Crippen molar-refractivity contribution in [1.29, 1.82) is 0 Å². The third-order valence-corrected chi connectivity index (χ3v) is 4.15. The van der Waals surface area contributed by atoms with E-state index in [2.05, 4.69) is 31.2 Å². The van der Waals surface area contributed by atoms with Crippen LogP contribution in [0.2, 0.25) is 0 Å². The number of rotatable bonds is 2. The number of nitrogens with one attached hydrogen (secondary N) is 1. The van der Waals surface area contributed by atoms with Crippen LogP contribution in [0, 0.1) is 0 Å². The van der Waals surface area contributed by atoms with Gasteiger partial charge in [0.15, 0.2) is 5.79 Å². The number of ether oxygens (including phenoxy) is 2. The summed E-state index contributed by atoms with van der Waals surface area (Å²) in [6.07, 6.45) is 7.29. The van der Waals surface area contributed by atoms with Crippen molar-refractivity contribution in [3.8, 4) is 0 Å². The highest BCUT2D eigenvalue weighted by molar-refractivity contribution is 9.10. The van der Waals surface area contributed by atoms with Crippen LogP contribution in [0.15, 0.2) is 17.0 Å². The number of hydrogen-bond acceptors (Lipinski definition) is 5. The summed E-state index contributed by atoms with van der Waals surface area (Å²) in [5.41, 5.74) is 0. The zero-order valence-corrected chi connectivity index (χ0v) is 11.6. The molecule has 3 rings (SSSR count). The zero-order valence-electron chi connectivity index (χ0n) is 10.1. The van der Waals surface area contributed by atoms with E-state index in [1.54, 1.807) is 12.5 Å². The summed E-state index contributed by atoms with van der Waals surface area (Å²) in [6, 6.07) is 0.426. The first-order chi connectivity index (χ1) is 8.77. The number of anilines is 1. The van der Waals surface area contributed by atoms with E-state index in [0.717, 1.165) is 49.2 Å². The van der Waals surface area contributed by atoms with Gasteiger partial charge in [-0.2, -0.15) is 0 Å². The van der Waals surface area contributed by atoms with Crippen molar-refractivity contribution in [1.82, 2.24) is 9.97 Å². The second-order valence-electron chi connectivity index (χ2n) is 4.75. The minimum Gasteiger partial charge on any atom is -0.366 e. The van der Waals surface area contributed by atoms with Gasteiger partial charge in [-0.3, -0.25) is 0 Å². The molecule has 0 radical (unpaired) electrons. The highest BCUT2D eigenvalue weighted by atomic mass is 79.9. The third kappa shape index (κ3) is 2.50. The van der Waals surface area contributed by atoms with Crippen LogP contribution in [-0.4, -0.2) is 35.0 Å². The summed E-state index contributed by atoms with van der Waals surface area (Å²) in [5, 5.41) is 3.45. The van der Waals surface area contributed by atoms with E-state index in [1.165, 1.54) is 0 Å². The zero-order chi connectivity index (χ0) is 12.4. The van der Waals surface area contributed by atoms with Gasteiger partial charge in [-0.1, -0.05) is 0 Å². The Bertz CT molecular complexity index is 414. The molecule has 0 atom stereocenters. The van der Waals surface area contributed by atoms with Crippen LogP contribution < -0.4 is 5.32 Å².